The second-order valence-electron chi connectivity index (χ2n) is 5.24. The van der Waals surface area contributed by atoms with Crippen LogP contribution in [0, 0.1) is 0 Å². The third-order valence-electron chi connectivity index (χ3n) is 2.88. The Hall–Kier alpha value is -0.130. The van der Waals surface area contributed by atoms with Crippen LogP contribution in [-0.4, -0.2) is 56.5 Å². The number of sulfone groups is 1. The number of nitrogens with zero attached hydrogens (tertiary/aromatic N) is 1. The Morgan fingerprint density at radius 2 is 2.00 bits per heavy atom. The Labute approximate surface area is 99.3 Å². The Morgan fingerprint density at radius 3 is 2.56 bits per heavy atom. The van der Waals surface area contributed by atoms with Crippen molar-refractivity contribution in [2.75, 3.05) is 37.7 Å². The number of hydrogen-bond acceptors (Lipinski definition) is 4. The molecule has 0 aromatic rings. The summed E-state index contributed by atoms with van der Waals surface area (Å²) in [5.74, 6) is 0.624. The van der Waals surface area contributed by atoms with Crippen LogP contribution in [0.3, 0.4) is 0 Å². The van der Waals surface area contributed by atoms with Crippen molar-refractivity contribution < 1.29 is 8.42 Å². The van der Waals surface area contributed by atoms with Gasteiger partial charge in [0, 0.05) is 37.5 Å². The molecule has 1 aliphatic heterocycles. The number of nitrogens with one attached hydrogen (secondary N) is 1. The highest BCUT2D eigenvalue weighted by Gasteiger charge is 2.26. The molecule has 5 heteroatoms. The molecule has 0 aliphatic carbocycles. The average molecular weight is 248 g/mol. The third-order valence-corrected chi connectivity index (χ3v) is 4.72. The van der Waals surface area contributed by atoms with Crippen LogP contribution >= 0.6 is 0 Å². The average Bonchev–Trinajstić information content (AvgIpc) is 2.13. The molecule has 0 unspecified atom stereocenters. The van der Waals surface area contributed by atoms with Gasteiger partial charge in [-0.1, -0.05) is 6.92 Å². The van der Waals surface area contributed by atoms with Gasteiger partial charge in [0.05, 0.1) is 5.75 Å². The summed E-state index contributed by atoms with van der Waals surface area (Å²) in [6.45, 7) is 9.71. The molecule has 1 heterocycles. The zero-order valence-electron chi connectivity index (χ0n) is 10.6. The van der Waals surface area contributed by atoms with Crippen molar-refractivity contribution in [3.05, 3.63) is 0 Å². The zero-order chi connectivity index (χ0) is 12.2. The molecule has 0 radical (unpaired) electrons. The van der Waals surface area contributed by atoms with Gasteiger partial charge in [0.2, 0.25) is 0 Å². The smallest absolute Gasteiger partial charge is 0.151 e. The van der Waals surface area contributed by atoms with E-state index in [1.807, 2.05) is 6.92 Å². The molecule has 1 aliphatic rings. The standard InChI is InChI=1S/C11H24N2O2S/c1-4-8-16(14,15)9-7-13-6-5-12-11(2,3)10-13/h12H,4-10H2,1-3H3. The fraction of sp³-hybridized carbons (Fsp3) is 1.00. The Bertz CT molecular complexity index is 312. The maximum absolute atomic E-state index is 11.6. The van der Waals surface area contributed by atoms with E-state index in [1.165, 1.54) is 0 Å². The van der Waals surface area contributed by atoms with Gasteiger partial charge >= 0.3 is 0 Å². The van der Waals surface area contributed by atoms with Crippen molar-refractivity contribution in [2.45, 2.75) is 32.7 Å². The first-order valence-electron chi connectivity index (χ1n) is 6.02. The summed E-state index contributed by atoms with van der Waals surface area (Å²) in [7, 11) is -2.83. The molecule has 16 heavy (non-hydrogen) atoms. The molecule has 0 aromatic heterocycles. The third kappa shape index (κ3) is 4.80. The van der Waals surface area contributed by atoms with Gasteiger partial charge in [-0.15, -0.1) is 0 Å². The molecule has 1 N–H and O–H groups in total. The summed E-state index contributed by atoms with van der Waals surface area (Å²) < 4.78 is 23.2. The summed E-state index contributed by atoms with van der Waals surface area (Å²) >= 11 is 0. The fourth-order valence-corrected chi connectivity index (χ4v) is 3.48. The van der Waals surface area contributed by atoms with Crippen molar-refractivity contribution in [1.82, 2.24) is 10.2 Å². The Balaban J connectivity index is 2.38. The minimum atomic E-state index is -2.83. The minimum absolute atomic E-state index is 0.104. The second-order valence-corrected chi connectivity index (χ2v) is 7.54. The van der Waals surface area contributed by atoms with E-state index in [1.54, 1.807) is 0 Å². The maximum Gasteiger partial charge on any atom is 0.151 e. The summed E-state index contributed by atoms with van der Waals surface area (Å²) in [4.78, 5) is 2.24. The molecular formula is C11H24N2O2S. The highest BCUT2D eigenvalue weighted by atomic mass is 32.2. The lowest BCUT2D eigenvalue weighted by molar-refractivity contribution is 0.162. The first kappa shape index (κ1) is 13.9. The highest BCUT2D eigenvalue weighted by Crippen LogP contribution is 2.10. The molecule has 4 nitrogen and oxygen atoms in total. The van der Waals surface area contributed by atoms with Gasteiger partial charge in [-0.25, -0.2) is 8.42 Å². The summed E-state index contributed by atoms with van der Waals surface area (Å²) in [6.07, 6.45) is 0.718. The van der Waals surface area contributed by atoms with Gasteiger partial charge in [-0.3, -0.25) is 4.90 Å². The molecule has 0 saturated carbocycles. The molecule has 1 saturated heterocycles. The van der Waals surface area contributed by atoms with Crippen LogP contribution < -0.4 is 5.32 Å². The molecule has 1 fully saturated rings. The van der Waals surface area contributed by atoms with Crippen LogP contribution in [0.25, 0.3) is 0 Å². The van der Waals surface area contributed by atoms with Crippen molar-refractivity contribution in [2.24, 2.45) is 0 Å². The van der Waals surface area contributed by atoms with Crippen molar-refractivity contribution >= 4 is 9.84 Å². The topological polar surface area (TPSA) is 49.4 Å². The van der Waals surface area contributed by atoms with Gasteiger partial charge in [0.15, 0.2) is 9.84 Å². The van der Waals surface area contributed by atoms with Crippen LogP contribution in [0.15, 0.2) is 0 Å². The molecule has 96 valence electrons. The minimum Gasteiger partial charge on any atom is -0.309 e. The molecule has 0 atom stereocenters. The second kappa shape index (κ2) is 5.47. The van der Waals surface area contributed by atoms with Gasteiger partial charge < -0.3 is 5.32 Å². The van der Waals surface area contributed by atoms with Crippen molar-refractivity contribution in [3.63, 3.8) is 0 Å². The van der Waals surface area contributed by atoms with Gasteiger partial charge in [0.25, 0.3) is 0 Å². The number of piperazine rings is 1. The van der Waals surface area contributed by atoms with Crippen LogP contribution in [0.5, 0.6) is 0 Å². The summed E-state index contributed by atoms with van der Waals surface area (Å²) in [5, 5.41) is 3.42. The lowest BCUT2D eigenvalue weighted by Gasteiger charge is -2.39. The predicted molar refractivity (Wildman–Crippen MR) is 67.5 cm³/mol. The van der Waals surface area contributed by atoms with E-state index in [4.69, 9.17) is 0 Å². The lowest BCUT2D eigenvalue weighted by atomic mass is 10.0. The first-order valence-corrected chi connectivity index (χ1v) is 7.84. The molecule has 1 rings (SSSR count). The van der Waals surface area contributed by atoms with E-state index in [0.29, 0.717) is 18.1 Å². The largest absolute Gasteiger partial charge is 0.309 e. The maximum atomic E-state index is 11.6. The highest BCUT2D eigenvalue weighted by molar-refractivity contribution is 7.91. The van der Waals surface area contributed by atoms with Crippen LogP contribution in [0.2, 0.25) is 0 Å². The van der Waals surface area contributed by atoms with E-state index in [9.17, 15) is 8.42 Å². The summed E-state index contributed by atoms with van der Waals surface area (Å²) in [5.41, 5.74) is 0.104. The van der Waals surface area contributed by atoms with Gasteiger partial charge in [-0.05, 0) is 20.3 Å². The molecule has 0 bridgehead atoms. The van der Waals surface area contributed by atoms with Crippen molar-refractivity contribution in [3.8, 4) is 0 Å². The summed E-state index contributed by atoms with van der Waals surface area (Å²) in [6, 6.07) is 0. The normalized spacial score (nSPS) is 22.2. The van der Waals surface area contributed by atoms with Crippen molar-refractivity contribution in [1.29, 1.82) is 0 Å². The fourth-order valence-electron chi connectivity index (χ4n) is 2.12. The molecule has 0 aromatic carbocycles. The quantitative estimate of drug-likeness (QED) is 0.769. The van der Waals surface area contributed by atoms with Crippen LogP contribution in [0.1, 0.15) is 27.2 Å². The predicted octanol–water partition coefficient (Wildman–Crippen LogP) is 0.495. The molecule has 0 spiro atoms. The van der Waals surface area contributed by atoms with Gasteiger partial charge in [0.1, 0.15) is 0 Å². The monoisotopic (exact) mass is 248 g/mol. The van der Waals surface area contributed by atoms with E-state index >= 15 is 0 Å². The van der Waals surface area contributed by atoms with Crippen LogP contribution in [-0.2, 0) is 9.84 Å². The van der Waals surface area contributed by atoms with E-state index in [2.05, 4.69) is 24.1 Å². The number of hydrogen-bond donors (Lipinski definition) is 1. The van der Waals surface area contributed by atoms with Gasteiger partial charge in [-0.2, -0.15) is 0 Å². The molecular weight excluding hydrogens is 224 g/mol. The van der Waals surface area contributed by atoms with E-state index < -0.39 is 9.84 Å². The lowest BCUT2D eigenvalue weighted by Crippen LogP contribution is -2.57. The zero-order valence-corrected chi connectivity index (χ0v) is 11.4. The Morgan fingerprint density at radius 1 is 1.31 bits per heavy atom. The van der Waals surface area contributed by atoms with Crippen LogP contribution in [0.4, 0.5) is 0 Å². The number of rotatable bonds is 5. The first-order chi connectivity index (χ1) is 7.35. The van der Waals surface area contributed by atoms with E-state index in [-0.39, 0.29) is 5.54 Å². The SMILES string of the molecule is CCCS(=O)(=O)CCN1CCNC(C)(C)C1. The van der Waals surface area contributed by atoms with E-state index in [0.717, 1.165) is 26.1 Å². The molecule has 0 amide bonds. The Kier molecular flexibility index (Phi) is 4.76.